The lowest BCUT2D eigenvalue weighted by Gasteiger charge is -2.05. The number of aromatic nitrogens is 2. The largest absolute Gasteiger partial charge is 0.465 e. The molecule has 0 aliphatic heterocycles. The summed E-state index contributed by atoms with van der Waals surface area (Å²) in [6.07, 6.45) is 6.43. The Balaban J connectivity index is 1.51. The topological polar surface area (TPSA) is 92.2 Å². The van der Waals surface area contributed by atoms with Crippen LogP contribution in [0.15, 0.2) is 34.1 Å². The predicted octanol–water partition coefficient (Wildman–Crippen LogP) is 2.97. The molecule has 7 heteroatoms. The van der Waals surface area contributed by atoms with E-state index in [-0.39, 0.29) is 0 Å². The number of rotatable bonds is 11. The molecule has 0 amide bonds. The molecule has 0 spiro atoms. The number of aliphatic imine (C=N–C) groups is 1. The van der Waals surface area contributed by atoms with E-state index in [9.17, 15) is 0 Å². The Hall–Kier alpha value is -1.89. The Morgan fingerprint density at radius 1 is 1.40 bits per heavy atom. The number of hydrogen-bond donors (Lipinski definition) is 3. The van der Waals surface area contributed by atoms with Crippen molar-refractivity contribution in [2.75, 3.05) is 18.8 Å². The number of nitrogens with two attached hydrogens (primary N) is 1. The summed E-state index contributed by atoms with van der Waals surface area (Å²) < 4.78 is 5.82. The fraction of sp³-hybridized carbons (Fsp3) is 0.556. The van der Waals surface area contributed by atoms with E-state index >= 15 is 0 Å². The number of H-pyrrole nitrogens is 1. The van der Waals surface area contributed by atoms with E-state index in [0.29, 0.717) is 11.9 Å². The molecule has 0 unspecified atom stereocenters. The summed E-state index contributed by atoms with van der Waals surface area (Å²) in [4.78, 5) is 11.4. The first-order valence-corrected chi connectivity index (χ1v) is 9.95. The maximum Gasteiger partial charge on any atom is 0.188 e. The van der Waals surface area contributed by atoms with E-state index < -0.39 is 0 Å². The van der Waals surface area contributed by atoms with Gasteiger partial charge in [0, 0.05) is 37.2 Å². The van der Waals surface area contributed by atoms with Gasteiger partial charge in [-0.2, -0.15) is 11.8 Å². The molecule has 0 aliphatic rings. The van der Waals surface area contributed by atoms with Gasteiger partial charge in [0.25, 0.3) is 0 Å². The highest BCUT2D eigenvalue weighted by atomic mass is 32.2. The number of nitrogens with one attached hydrogen (secondary N) is 2. The molecular formula is C18H29N5OS. The molecule has 0 saturated carbocycles. The Bertz CT molecular complexity index is 621. The second kappa shape index (κ2) is 10.9. The summed E-state index contributed by atoms with van der Waals surface area (Å²) in [5, 5.41) is 3.15. The lowest BCUT2D eigenvalue weighted by Crippen LogP contribution is -2.33. The number of hydrogen-bond acceptors (Lipinski definition) is 4. The zero-order valence-corrected chi connectivity index (χ0v) is 15.9. The second-order valence-corrected chi connectivity index (χ2v) is 7.50. The van der Waals surface area contributed by atoms with Crippen LogP contribution in [0.2, 0.25) is 0 Å². The third kappa shape index (κ3) is 8.16. The van der Waals surface area contributed by atoms with Gasteiger partial charge in [-0.25, -0.2) is 4.98 Å². The number of nitrogens with zero attached hydrogens (tertiary/aromatic N) is 2. The van der Waals surface area contributed by atoms with E-state index in [1.165, 1.54) is 0 Å². The van der Waals surface area contributed by atoms with E-state index in [1.54, 1.807) is 6.33 Å². The Labute approximate surface area is 154 Å². The highest BCUT2D eigenvalue weighted by molar-refractivity contribution is 7.98. The number of aromatic amines is 1. The van der Waals surface area contributed by atoms with Gasteiger partial charge in [0.1, 0.15) is 11.5 Å². The Morgan fingerprint density at radius 2 is 2.24 bits per heavy atom. The van der Waals surface area contributed by atoms with Crippen molar-refractivity contribution in [3.8, 4) is 0 Å². The number of thioether (sulfide) groups is 1. The van der Waals surface area contributed by atoms with Gasteiger partial charge in [-0.3, -0.25) is 4.99 Å². The maximum absolute atomic E-state index is 5.87. The molecule has 2 aromatic rings. The first-order valence-electron chi connectivity index (χ1n) is 8.80. The van der Waals surface area contributed by atoms with Crippen molar-refractivity contribution in [1.82, 2.24) is 15.3 Å². The van der Waals surface area contributed by atoms with Crippen molar-refractivity contribution in [1.29, 1.82) is 0 Å². The van der Waals surface area contributed by atoms with E-state index in [4.69, 9.17) is 10.2 Å². The van der Waals surface area contributed by atoms with Crippen LogP contribution in [0.4, 0.5) is 0 Å². The molecular weight excluding hydrogens is 334 g/mol. The molecule has 0 aromatic carbocycles. The van der Waals surface area contributed by atoms with Crippen LogP contribution < -0.4 is 11.1 Å². The van der Waals surface area contributed by atoms with Crippen molar-refractivity contribution in [2.24, 2.45) is 16.6 Å². The van der Waals surface area contributed by atoms with Crippen LogP contribution in [0.25, 0.3) is 0 Å². The minimum absolute atomic E-state index is 0.516. The summed E-state index contributed by atoms with van der Waals surface area (Å²) in [6, 6.07) is 4.16. The zero-order valence-electron chi connectivity index (χ0n) is 15.1. The fourth-order valence-electron chi connectivity index (χ4n) is 2.38. The summed E-state index contributed by atoms with van der Waals surface area (Å²) >= 11 is 1.83. The average Bonchev–Trinajstić information content (AvgIpc) is 3.23. The first kappa shape index (κ1) is 19.4. The first-order chi connectivity index (χ1) is 12.1. The smallest absolute Gasteiger partial charge is 0.188 e. The second-order valence-electron chi connectivity index (χ2n) is 6.39. The monoisotopic (exact) mass is 363 g/mol. The normalized spacial score (nSPS) is 12.0. The maximum atomic E-state index is 5.87. The molecule has 4 N–H and O–H groups in total. The molecule has 0 saturated heterocycles. The Kier molecular flexibility index (Phi) is 8.45. The van der Waals surface area contributed by atoms with Gasteiger partial charge in [-0.05, 0) is 30.9 Å². The van der Waals surface area contributed by atoms with Crippen molar-refractivity contribution >= 4 is 17.7 Å². The number of furan rings is 1. The molecule has 25 heavy (non-hydrogen) atoms. The van der Waals surface area contributed by atoms with Crippen LogP contribution in [0.3, 0.4) is 0 Å². The highest BCUT2D eigenvalue weighted by Gasteiger charge is 2.04. The average molecular weight is 364 g/mol. The predicted molar refractivity (Wildman–Crippen MR) is 105 cm³/mol. The van der Waals surface area contributed by atoms with Gasteiger partial charge in [0.15, 0.2) is 5.96 Å². The van der Waals surface area contributed by atoms with Crippen LogP contribution in [-0.4, -0.2) is 34.8 Å². The fourth-order valence-corrected chi connectivity index (χ4v) is 3.13. The lowest BCUT2D eigenvalue weighted by molar-refractivity contribution is 0.451. The zero-order chi connectivity index (χ0) is 17.9. The molecule has 0 radical (unpaired) electrons. The molecule has 2 heterocycles. The highest BCUT2D eigenvalue weighted by Crippen LogP contribution is 2.17. The van der Waals surface area contributed by atoms with E-state index in [0.717, 1.165) is 61.1 Å². The molecule has 0 bridgehead atoms. The minimum atomic E-state index is 0.516. The quantitative estimate of drug-likeness (QED) is 0.324. The van der Waals surface area contributed by atoms with Gasteiger partial charge in [-0.15, -0.1) is 0 Å². The van der Waals surface area contributed by atoms with Gasteiger partial charge in [0.05, 0.1) is 12.1 Å². The van der Waals surface area contributed by atoms with E-state index in [1.807, 2.05) is 18.0 Å². The summed E-state index contributed by atoms with van der Waals surface area (Å²) in [6.45, 7) is 5.92. The standard InChI is InChI=1S/C18H29N5OS/c1-14(2)10-16-5-6-17(24-16)12-25-9-8-22-18(19)21-7-3-4-15-11-20-13-23-15/h5-6,11,13-14H,3-4,7-10,12H2,1-2H3,(H,20,23)(H3,19,21,22). The summed E-state index contributed by atoms with van der Waals surface area (Å²) in [7, 11) is 0. The van der Waals surface area contributed by atoms with Crippen LogP contribution >= 0.6 is 11.8 Å². The summed E-state index contributed by atoms with van der Waals surface area (Å²) in [5.41, 5.74) is 7.00. The lowest BCUT2D eigenvalue weighted by atomic mass is 10.1. The van der Waals surface area contributed by atoms with Crippen LogP contribution in [0, 0.1) is 5.92 Å². The number of aryl methyl sites for hydroxylation is 1. The van der Waals surface area contributed by atoms with Crippen LogP contribution in [0.5, 0.6) is 0 Å². The third-order valence-corrected chi connectivity index (χ3v) is 4.55. The van der Waals surface area contributed by atoms with Crippen molar-refractivity contribution in [3.05, 3.63) is 41.9 Å². The molecule has 2 aromatic heterocycles. The van der Waals surface area contributed by atoms with Crippen molar-refractivity contribution < 1.29 is 4.42 Å². The van der Waals surface area contributed by atoms with Crippen molar-refractivity contribution in [3.63, 3.8) is 0 Å². The van der Waals surface area contributed by atoms with Gasteiger partial charge < -0.3 is 20.5 Å². The van der Waals surface area contributed by atoms with Gasteiger partial charge >= 0.3 is 0 Å². The van der Waals surface area contributed by atoms with Crippen LogP contribution in [-0.2, 0) is 18.6 Å². The van der Waals surface area contributed by atoms with E-state index in [2.05, 4.69) is 46.3 Å². The van der Waals surface area contributed by atoms with Crippen LogP contribution in [0.1, 0.15) is 37.5 Å². The molecule has 0 aliphatic carbocycles. The van der Waals surface area contributed by atoms with Gasteiger partial charge in [0.2, 0.25) is 0 Å². The summed E-state index contributed by atoms with van der Waals surface area (Å²) in [5.74, 6) is 5.11. The van der Waals surface area contributed by atoms with Crippen molar-refractivity contribution in [2.45, 2.75) is 38.9 Å². The third-order valence-electron chi connectivity index (χ3n) is 3.56. The molecule has 2 rings (SSSR count). The molecule has 0 fully saturated rings. The minimum Gasteiger partial charge on any atom is -0.465 e. The number of guanidine groups is 1. The Morgan fingerprint density at radius 3 is 3.00 bits per heavy atom. The molecule has 6 nitrogen and oxygen atoms in total. The molecule has 0 atom stereocenters. The molecule has 138 valence electrons. The van der Waals surface area contributed by atoms with Gasteiger partial charge in [-0.1, -0.05) is 13.8 Å². The number of imidazole rings is 1. The SMILES string of the molecule is CC(C)Cc1ccc(CSCCNC(N)=NCCCc2cnc[nH]2)o1.